The third-order valence-corrected chi connectivity index (χ3v) is 5.93. The van der Waals surface area contributed by atoms with Crippen LogP contribution >= 0.6 is 0 Å². The number of nitrogens with one attached hydrogen (secondary N) is 1. The maximum absolute atomic E-state index is 15.0. The van der Waals surface area contributed by atoms with Crippen LogP contribution in [0.3, 0.4) is 0 Å². The summed E-state index contributed by atoms with van der Waals surface area (Å²) in [5.74, 6) is -0.354. The SMILES string of the molecule is CC1(O)CCC(Nc2nc(N)c3c(-c4ccc5nnn(CC(F)F)c5n4)c(F)cn3n2)CC1. The van der Waals surface area contributed by atoms with Gasteiger partial charge in [-0.3, -0.25) is 0 Å². The topological polar surface area (TPSA) is 132 Å². The van der Waals surface area contributed by atoms with Crippen molar-refractivity contribution >= 4 is 28.4 Å². The molecule has 1 saturated carbocycles. The number of nitrogen functional groups attached to an aromatic ring is 1. The largest absolute Gasteiger partial charge is 0.390 e. The highest BCUT2D eigenvalue weighted by Gasteiger charge is 2.29. The Bertz CT molecular complexity index is 1320. The summed E-state index contributed by atoms with van der Waals surface area (Å²) in [5, 5.41) is 25.2. The standard InChI is InChI=1S/C20H22F3N9O/c1-20(33)6-4-10(5-7-20)25-19-27-17(24)16-15(11(21)8-31(16)29-19)12-2-3-13-18(26-12)32(30-28-13)9-14(22)23/h2-3,8,10,14,33H,4-7,9H2,1H3,(H3,24,25,27,29). The van der Waals surface area contributed by atoms with Crippen molar-refractivity contribution in [3.05, 3.63) is 24.1 Å². The molecule has 0 aromatic carbocycles. The number of aromatic nitrogens is 7. The molecule has 0 saturated heterocycles. The minimum absolute atomic E-state index is 0.0373. The molecule has 0 amide bonds. The number of hydrogen-bond acceptors (Lipinski definition) is 8. The molecule has 13 heteroatoms. The Morgan fingerprint density at radius 1 is 1.27 bits per heavy atom. The predicted octanol–water partition coefficient (Wildman–Crippen LogP) is 2.63. The molecule has 0 radical (unpaired) electrons. The van der Waals surface area contributed by atoms with Crippen molar-refractivity contribution in [1.82, 2.24) is 34.6 Å². The summed E-state index contributed by atoms with van der Waals surface area (Å²) < 4.78 is 42.9. The molecule has 4 heterocycles. The van der Waals surface area contributed by atoms with Gasteiger partial charge < -0.3 is 16.2 Å². The van der Waals surface area contributed by atoms with Crippen LogP contribution in [0.2, 0.25) is 0 Å². The molecule has 0 bridgehead atoms. The van der Waals surface area contributed by atoms with Gasteiger partial charge in [-0.15, -0.1) is 10.2 Å². The van der Waals surface area contributed by atoms with Crippen molar-refractivity contribution in [1.29, 1.82) is 0 Å². The number of halogens is 3. The van der Waals surface area contributed by atoms with Gasteiger partial charge in [0.2, 0.25) is 5.95 Å². The monoisotopic (exact) mass is 461 g/mol. The van der Waals surface area contributed by atoms with Gasteiger partial charge in [-0.2, -0.15) is 4.98 Å². The van der Waals surface area contributed by atoms with Gasteiger partial charge in [0.05, 0.1) is 23.1 Å². The van der Waals surface area contributed by atoms with Crippen molar-refractivity contribution in [2.45, 2.75) is 57.2 Å². The van der Waals surface area contributed by atoms with E-state index in [-0.39, 0.29) is 40.2 Å². The smallest absolute Gasteiger partial charge is 0.258 e. The van der Waals surface area contributed by atoms with Crippen molar-refractivity contribution < 1.29 is 18.3 Å². The number of alkyl halides is 2. The molecule has 0 spiro atoms. The lowest BCUT2D eigenvalue weighted by molar-refractivity contribution is 0.0195. The maximum atomic E-state index is 15.0. The van der Waals surface area contributed by atoms with E-state index in [0.29, 0.717) is 18.4 Å². The lowest BCUT2D eigenvalue weighted by Gasteiger charge is -2.33. The zero-order valence-corrected chi connectivity index (χ0v) is 17.7. The summed E-state index contributed by atoms with van der Waals surface area (Å²) in [5.41, 5.74) is 6.36. The third-order valence-electron chi connectivity index (χ3n) is 5.93. The molecule has 5 rings (SSSR count). The number of nitrogens with zero attached hydrogens (tertiary/aromatic N) is 7. The number of hydrogen-bond donors (Lipinski definition) is 3. The second kappa shape index (κ2) is 7.83. The minimum atomic E-state index is -2.64. The molecule has 4 aromatic rings. The fourth-order valence-electron chi connectivity index (χ4n) is 4.20. The van der Waals surface area contributed by atoms with Crippen LogP contribution < -0.4 is 11.1 Å². The lowest BCUT2D eigenvalue weighted by Crippen LogP contribution is -2.36. The Labute approximate surface area is 185 Å². The van der Waals surface area contributed by atoms with E-state index < -0.39 is 24.4 Å². The summed E-state index contributed by atoms with van der Waals surface area (Å²) in [6.45, 7) is 1.14. The van der Waals surface area contributed by atoms with E-state index in [1.807, 2.05) is 6.92 Å². The van der Waals surface area contributed by atoms with Gasteiger partial charge >= 0.3 is 0 Å². The molecule has 1 aliphatic rings. The van der Waals surface area contributed by atoms with Gasteiger partial charge in [0.15, 0.2) is 17.3 Å². The molecule has 4 N–H and O–H groups in total. The molecule has 33 heavy (non-hydrogen) atoms. The predicted molar refractivity (Wildman–Crippen MR) is 114 cm³/mol. The van der Waals surface area contributed by atoms with Crippen molar-refractivity contribution in [2.24, 2.45) is 0 Å². The van der Waals surface area contributed by atoms with Gasteiger partial charge in [0.1, 0.15) is 17.6 Å². The molecule has 1 fully saturated rings. The van der Waals surface area contributed by atoms with E-state index in [9.17, 15) is 18.3 Å². The van der Waals surface area contributed by atoms with E-state index in [2.05, 4.69) is 30.7 Å². The van der Waals surface area contributed by atoms with Crippen LogP contribution in [0.15, 0.2) is 18.3 Å². The van der Waals surface area contributed by atoms with Gasteiger partial charge in [-0.25, -0.2) is 27.4 Å². The first-order valence-electron chi connectivity index (χ1n) is 10.5. The summed E-state index contributed by atoms with van der Waals surface area (Å²) in [6.07, 6.45) is 1.30. The highest BCUT2D eigenvalue weighted by atomic mass is 19.3. The number of rotatable bonds is 5. The molecular formula is C20H22F3N9O. The highest BCUT2D eigenvalue weighted by Crippen LogP contribution is 2.33. The van der Waals surface area contributed by atoms with Crippen LogP contribution in [0.5, 0.6) is 0 Å². The third kappa shape index (κ3) is 4.03. The van der Waals surface area contributed by atoms with Crippen LogP contribution in [0.4, 0.5) is 24.9 Å². The van der Waals surface area contributed by atoms with Gasteiger partial charge in [0, 0.05) is 6.04 Å². The average molecular weight is 461 g/mol. The van der Waals surface area contributed by atoms with Crippen LogP contribution in [0.25, 0.3) is 27.9 Å². The van der Waals surface area contributed by atoms with E-state index in [1.165, 1.54) is 22.8 Å². The molecule has 0 atom stereocenters. The van der Waals surface area contributed by atoms with Crippen LogP contribution in [0.1, 0.15) is 32.6 Å². The summed E-state index contributed by atoms with van der Waals surface area (Å²) in [6, 6.07) is 3.11. The Morgan fingerprint density at radius 3 is 2.76 bits per heavy atom. The second-order valence-electron chi connectivity index (χ2n) is 8.58. The normalized spacial score (nSPS) is 21.3. The van der Waals surface area contributed by atoms with E-state index in [1.54, 1.807) is 0 Å². The maximum Gasteiger partial charge on any atom is 0.258 e. The van der Waals surface area contributed by atoms with Gasteiger partial charge in [0.25, 0.3) is 6.43 Å². The molecule has 174 valence electrons. The number of nitrogens with two attached hydrogens (primary N) is 1. The summed E-state index contributed by atoms with van der Waals surface area (Å²) >= 11 is 0. The molecule has 0 unspecified atom stereocenters. The first kappa shape index (κ1) is 21.4. The van der Waals surface area contributed by atoms with Gasteiger partial charge in [-0.05, 0) is 44.7 Å². The van der Waals surface area contributed by atoms with Crippen LogP contribution in [0, 0.1) is 5.82 Å². The molecular weight excluding hydrogens is 439 g/mol. The van der Waals surface area contributed by atoms with Crippen LogP contribution in [-0.2, 0) is 6.54 Å². The minimum Gasteiger partial charge on any atom is -0.390 e. The number of pyridine rings is 1. The van der Waals surface area contributed by atoms with Crippen molar-refractivity contribution in [3.63, 3.8) is 0 Å². The highest BCUT2D eigenvalue weighted by molar-refractivity contribution is 5.88. The fraction of sp³-hybridized carbons (Fsp3) is 0.450. The first-order chi connectivity index (χ1) is 15.7. The van der Waals surface area contributed by atoms with Crippen LogP contribution in [-0.4, -0.2) is 57.8 Å². The van der Waals surface area contributed by atoms with E-state index in [0.717, 1.165) is 17.5 Å². The second-order valence-corrected chi connectivity index (χ2v) is 8.58. The Kier molecular flexibility index (Phi) is 5.07. The number of fused-ring (bicyclic) bond motifs is 2. The van der Waals surface area contributed by atoms with Crippen molar-refractivity contribution in [3.8, 4) is 11.3 Å². The molecule has 0 aliphatic heterocycles. The Morgan fingerprint density at radius 2 is 2.03 bits per heavy atom. The first-order valence-corrected chi connectivity index (χ1v) is 10.5. The fourth-order valence-corrected chi connectivity index (χ4v) is 4.20. The number of anilines is 2. The summed E-state index contributed by atoms with van der Waals surface area (Å²) in [4.78, 5) is 8.60. The lowest BCUT2D eigenvalue weighted by atomic mass is 9.84. The molecule has 1 aliphatic carbocycles. The van der Waals surface area contributed by atoms with Gasteiger partial charge in [-0.1, -0.05) is 5.21 Å². The molecule has 10 nitrogen and oxygen atoms in total. The quantitative estimate of drug-likeness (QED) is 0.413. The van der Waals surface area contributed by atoms with Crippen molar-refractivity contribution in [2.75, 3.05) is 11.1 Å². The van der Waals surface area contributed by atoms with E-state index in [4.69, 9.17) is 5.73 Å². The summed E-state index contributed by atoms with van der Waals surface area (Å²) in [7, 11) is 0. The Balaban J connectivity index is 1.50. The zero-order valence-electron chi connectivity index (χ0n) is 17.7. The molecule has 4 aromatic heterocycles. The average Bonchev–Trinajstić information content (AvgIpc) is 3.29. The number of aliphatic hydroxyl groups is 1. The van der Waals surface area contributed by atoms with E-state index >= 15 is 0 Å². The Hall–Kier alpha value is -3.48. The zero-order chi connectivity index (χ0) is 23.3.